The van der Waals surface area contributed by atoms with E-state index in [1.807, 2.05) is 36.6 Å². The van der Waals surface area contributed by atoms with Gasteiger partial charge in [0, 0.05) is 28.2 Å². The summed E-state index contributed by atoms with van der Waals surface area (Å²) in [4.78, 5) is 17.0. The van der Waals surface area contributed by atoms with Gasteiger partial charge in [0.15, 0.2) is 0 Å². The van der Waals surface area contributed by atoms with E-state index in [-0.39, 0.29) is 36.8 Å². The van der Waals surface area contributed by atoms with Crippen LogP contribution in [0.1, 0.15) is 35.3 Å². The highest BCUT2D eigenvalue weighted by Crippen LogP contribution is 2.26. The molecule has 3 rings (SSSR count). The van der Waals surface area contributed by atoms with Gasteiger partial charge in [0.2, 0.25) is 0 Å². The molecule has 1 heterocycles. The Balaban J connectivity index is 0.00000144. The van der Waals surface area contributed by atoms with E-state index in [9.17, 15) is 4.79 Å². The molecule has 1 amide bonds. The van der Waals surface area contributed by atoms with Crippen molar-refractivity contribution in [3.63, 3.8) is 0 Å². The zero-order chi connectivity index (χ0) is 15.5. The number of halogens is 2. The number of benzene rings is 1. The van der Waals surface area contributed by atoms with Gasteiger partial charge in [-0.05, 0) is 44.4 Å². The van der Waals surface area contributed by atoms with Crippen molar-refractivity contribution in [1.82, 2.24) is 10.3 Å². The lowest BCUT2D eigenvalue weighted by Gasteiger charge is -2.19. The van der Waals surface area contributed by atoms with E-state index >= 15 is 0 Å². The summed E-state index contributed by atoms with van der Waals surface area (Å²) in [6.45, 7) is 2.62. The van der Waals surface area contributed by atoms with Crippen molar-refractivity contribution in [2.24, 2.45) is 11.7 Å². The van der Waals surface area contributed by atoms with Crippen LogP contribution < -0.4 is 11.1 Å². The number of hydrogen-bond acceptors (Lipinski definition) is 4. The largest absolute Gasteiger partial charge is 0.349 e. The summed E-state index contributed by atoms with van der Waals surface area (Å²) >= 11 is 1.60. The molecular formula is C17H23Cl2N3OS. The molecule has 1 aromatic carbocycles. The molecule has 1 saturated carbocycles. The second-order valence-corrected chi connectivity index (χ2v) is 6.74. The Morgan fingerprint density at radius 2 is 2.17 bits per heavy atom. The van der Waals surface area contributed by atoms with E-state index in [2.05, 4.69) is 10.3 Å². The molecule has 4 nitrogen and oxygen atoms in total. The molecule has 1 aromatic heterocycles. The predicted molar refractivity (Wildman–Crippen MR) is 104 cm³/mol. The van der Waals surface area contributed by atoms with Gasteiger partial charge in [-0.15, -0.1) is 36.2 Å². The van der Waals surface area contributed by atoms with E-state index in [1.54, 1.807) is 11.3 Å². The molecule has 1 aliphatic carbocycles. The fourth-order valence-electron chi connectivity index (χ4n) is 3.04. The lowest BCUT2D eigenvalue weighted by molar-refractivity contribution is 0.0929. The maximum absolute atomic E-state index is 12.5. The standard InChI is InChI=1S/C17H21N3OS.2ClH/c1-11-10-22-17(19-11)13-5-2-4-12(8-13)16(21)20-15-7-3-6-14(15)9-18;;/h2,4-5,8,10,14-15H,3,6-7,9,18H2,1H3,(H,20,21);2*1H. The molecule has 0 aliphatic heterocycles. The third-order valence-corrected chi connectivity index (χ3v) is 5.28. The number of aryl methyl sites for hydroxylation is 1. The lowest BCUT2D eigenvalue weighted by atomic mass is 10.0. The normalized spacial score (nSPS) is 19.2. The smallest absolute Gasteiger partial charge is 0.251 e. The Labute approximate surface area is 159 Å². The first kappa shape index (κ1) is 20.9. The van der Waals surface area contributed by atoms with Crippen molar-refractivity contribution in [3.05, 3.63) is 40.9 Å². The van der Waals surface area contributed by atoms with E-state index in [0.717, 1.165) is 35.5 Å². The SMILES string of the molecule is Cc1csc(-c2cccc(C(=O)NC3CCCC3CN)c2)n1.Cl.Cl. The van der Waals surface area contributed by atoms with E-state index in [0.29, 0.717) is 18.0 Å². The summed E-state index contributed by atoms with van der Waals surface area (Å²) in [5.41, 5.74) is 8.47. The fraction of sp³-hybridized carbons (Fsp3) is 0.412. The molecule has 1 aliphatic rings. The summed E-state index contributed by atoms with van der Waals surface area (Å²) in [6.07, 6.45) is 3.28. The van der Waals surface area contributed by atoms with E-state index in [4.69, 9.17) is 5.73 Å². The van der Waals surface area contributed by atoms with E-state index in [1.165, 1.54) is 0 Å². The molecule has 0 saturated heterocycles. The second kappa shape index (κ2) is 9.37. The number of amides is 1. The molecule has 24 heavy (non-hydrogen) atoms. The number of nitrogens with one attached hydrogen (secondary N) is 1. The number of carbonyl (C=O) groups is 1. The van der Waals surface area contributed by atoms with Gasteiger partial charge in [-0.1, -0.05) is 18.6 Å². The molecule has 3 N–H and O–H groups in total. The molecule has 2 atom stereocenters. The highest BCUT2D eigenvalue weighted by atomic mass is 35.5. The highest BCUT2D eigenvalue weighted by molar-refractivity contribution is 7.13. The van der Waals surface area contributed by atoms with Gasteiger partial charge in [0.05, 0.1) is 0 Å². The minimum atomic E-state index is -0.0134. The maximum atomic E-state index is 12.5. The summed E-state index contributed by atoms with van der Waals surface area (Å²) in [7, 11) is 0. The van der Waals surface area contributed by atoms with Crippen LogP contribution in [0.25, 0.3) is 10.6 Å². The summed E-state index contributed by atoms with van der Waals surface area (Å²) in [6, 6.07) is 7.89. The second-order valence-electron chi connectivity index (χ2n) is 5.88. The lowest BCUT2D eigenvalue weighted by Crippen LogP contribution is -2.39. The van der Waals surface area contributed by atoms with E-state index < -0.39 is 0 Å². The van der Waals surface area contributed by atoms with Crippen LogP contribution in [0.5, 0.6) is 0 Å². The highest BCUT2D eigenvalue weighted by Gasteiger charge is 2.27. The van der Waals surface area contributed by atoms with Crippen molar-refractivity contribution < 1.29 is 4.79 Å². The number of carbonyl (C=O) groups excluding carboxylic acids is 1. The average molecular weight is 388 g/mol. The fourth-order valence-corrected chi connectivity index (χ4v) is 3.84. The van der Waals surface area contributed by atoms with Gasteiger partial charge in [0.1, 0.15) is 5.01 Å². The average Bonchev–Trinajstić information content (AvgIpc) is 3.16. The van der Waals surface area contributed by atoms with Gasteiger partial charge in [-0.3, -0.25) is 4.79 Å². The predicted octanol–water partition coefficient (Wildman–Crippen LogP) is 3.82. The Hall–Kier alpha value is -1.14. The summed E-state index contributed by atoms with van der Waals surface area (Å²) in [5.74, 6) is 0.397. The number of nitrogens with two attached hydrogens (primary N) is 1. The van der Waals surface area contributed by atoms with Crippen molar-refractivity contribution in [3.8, 4) is 10.6 Å². The molecule has 2 unspecified atom stereocenters. The summed E-state index contributed by atoms with van der Waals surface area (Å²) < 4.78 is 0. The molecule has 7 heteroatoms. The van der Waals surface area contributed by atoms with Gasteiger partial charge in [0.25, 0.3) is 5.91 Å². The first-order chi connectivity index (χ1) is 10.7. The van der Waals surface area contributed by atoms with Gasteiger partial charge in [-0.2, -0.15) is 0 Å². The molecule has 0 radical (unpaired) electrons. The van der Waals surface area contributed by atoms with Gasteiger partial charge >= 0.3 is 0 Å². The number of aromatic nitrogens is 1. The van der Waals surface area contributed by atoms with Crippen LogP contribution in [-0.4, -0.2) is 23.5 Å². The minimum Gasteiger partial charge on any atom is -0.349 e. The Morgan fingerprint density at radius 1 is 1.38 bits per heavy atom. The van der Waals surface area contributed by atoms with Gasteiger partial charge in [-0.25, -0.2) is 4.98 Å². The van der Waals surface area contributed by atoms with Crippen molar-refractivity contribution >= 4 is 42.1 Å². The van der Waals surface area contributed by atoms with Crippen LogP contribution >= 0.6 is 36.2 Å². The van der Waals surface area contributed by atoms with Crippen LogP contribution in [0.4, 0.5) is 0 Å². The zero-order valence-corrected chi connectivity index (χ0v) is 16.0. The zero-order valence-electron chi connectivity index (χ0n) is 13.5. The summed E-state index contributed by atoms with van der Waals surface area (Å²) in [5, 5.41) is 6.12. The maximum Gasteiger partial charge on any atom is 0.251 e. The molecule has 132 valence electrons. The third kappa shape index (κ3) is 4.70. The number of hydrogen-bond donors (Lipinski definition) is 2. The van der Waals surface area contributed by atoms with Crippen molar-refractivity contribution in [2.75, 3.05) is 6.54 Å². The number of thiazole rings is 1. The van der Waals surface area contributed by atoms with Crippen LogP contribution in [0, 0.1) is 12.8 Å². The Morgan fingerprint density at radius 3 is 2.83 bits per heavy atom. The van der Waals surface area contributed by atoms with Gasteiger partial charge < -0.3 is 11.1 Å². The molecular weight excluding hydrogens is 365 g/mol. The molecule has 0 spiro atoms. The molecule has 0 bridgehead atoms. The third-order valence-electron chi connectivity index (χ3n) is 4.27. The first-order valence-electron chi connectivity index (χ1n) is 7.71. The van der Waals surface area contributed by atoms with Crippen molar-refractivity contribution in [2.45, 2.75) is 32.2 Å². The Kier molecular flexibility index (Phi) is 8.16. The Bertz CT molecular complexity index is 677. The quantitative estimate of drug-likeness (QED) is 0.837. The monoisotopic (exact) mass is 387 g/mol. The van der Waals surface area contributed by atoms with Crippen LogP contribution in [0.3, 0.4) is 0 Å². The first-order valence-corrected chi connectivity index (χ1v) is 8.59. The van der Waals surface area contributed by atoms with Crippen molar-refractivity contribution in [1.29, 1.82) is 0 Å². The minimum absolute atomic E-state index is 0. The number of nitrogens with zero attached hydrogens (tertiary/aromatic N) is 1. The van der Waals surface area contributed by atoms with Crippen LogP contribution in [0.2, 0.25) is 0 Å². The van der Waals surface area contributed by atoms with Crippen LogP contribution in [-0.2, 0) is 0 Å². The molecule has 1 fully saturated rings. The molecule has 2 aromatic rings. The topological polar surface area (TPSA) is 68.0 Å². The number of rotatable bonds is 4. The van der Waals surface area contributed by atoms with Crippen LogP contribution in [0.15, 0.2) is 29.6 Å².